The van der Waals surface area contributed by atoms with Gasteiger partial charge in [-0.2, -0.15) is 0 Å². The largest absolute Gasteiger partial charge is 0.349 e. The van der Waals surface area contributed by atoms with Gasteiger partial charge in [-0.3, -0.25) is 4.99 Å². The Morgan fingerprint density at radius 2 is 2.16 bits per heavy atom. The maximum absolute atomic E-state index is 4.34. The molecule has 0 unspecified atom stereocenters. The smallest absolute Gasteiger partial charge is 0.194 e. The van der Waals surface area contributed by atoms with Crippen LogP contribution in [0.25, 0.3) is 0 Å². The fourth-order valence-electron chi connectivity index (χ4n) is 2.18. The molecule has 6 nitrogen and oxygen atoms in total. The summed E-state index contributed by atoms with van der Waals surface area (Å²) < 4.78 is 1.92. The molecule has 1 aromatic rings. The fourth-order valence-corrected chi connectivity index (χ4v) is 2.18. The summed E-state index contributed by atoms with van der Waals surface area (Å²) in [5.41, 5.74) is 0. The Labute approximate surface area is 131 Å². The molecular formula is C12H23IN6. The Balaban J connectivity index is 0.00000180. The lowest BCUT2D eigenvalue weighted by molar-refractivity contribution is 0.273. The Morgan fingerprint density at radius 1 is 1.47 bits per heavy atom. The highest BCUT2D eigenvalue weighted by molar-refractivity contribution is 14.0. The first-order chi connectivity index (χ1) is 8.70. The average Bonchev–Trinajstić information content (AvgIpc) is 2.78. The molecule has 0 amide bonds. The molecule has 1 aliphatic heterocycles. The van der Waals surface area contributed by atoms with Crippen LogP contribution >= 0.6 is 24.0 Å². The molecule has 108 valence electrons. The molecule has 0 aromatic carbocycles. The van der Waals surface area contributed by atoms with E-state index in [1.54, 1.807) is 6.33 Å². The van der Waals surface area contributed by atoms with Crippen LogP contribution in [0.2, 0.25) is 0 Å². The van der Waals surface area contributed by atoms with Crippen molar-refractivity contribution in [1.29, 1.82) is 0 Å². The number of aromatic nitrogens is 3. The zero-order valence-electron chi connectivity index (χ0n) is 11.8. The summed E-state index contributed by atoms with van der Waals surface area (Å²) in [6.45, 7) is 5.14. The maximum atomic E-state index is 4.34. The summed E-state index contributed by atoms with van der Waals surface area (Å²) in [5.74, 6) is 2.71. The minimum atomic E-state index is 0. The van der Waals surface area contributed by atoms with Crippen LogP contribution in [0.4, 0.5) is 0 Å². The molecule has 1 aromatic heterocycles. The maximum Gasteiger partial charge on any atom is 0.194 e. The van der Waals surface area contributed by atoms with Crippen LogP contribution in [-0.4, -0.2) is 45.8 Å². The van der Waals surface area contributed by atoms with Gasteiger partial charge in [0.25, 0.3) is 0 Å². The van der Waals surface area contributed by atoms with E-state index in [-0.39, 0.29) is 24.0 Å². The van der Waals surface area contributed by atoms with E-state index in [1.807, 2.05) is 18.7 Å². The summed E-state index contributed by atoms with van der Waals surface area (Å²) in [7, 11) is 3.78. The Bertz CT molecular complexity index is 408. The quantitative estimate of drug-likeness (QED) is 0.478. The molecule has 0 aliphatic carbocycles. The highest BCUT2D eigenvalue weighted by atomic mass is 127. The van der Waals surface area contributed by atoms with Crippen LogP contribution in [0.3, 0.4) is 0 Å². The molecule has 1 aliphatic rings. The van der Waals surface area contributed by atoms with Crippen molar-refractivity contribution < 1.29 is 0 Å². The van der Waals surface area contributed by atoms with E-state index in [0.29, 0.717) is 6.54 Å². The number of guanidine groups is 1. The number of rotatable bonds is 2. The van der Waals surface area contributed by atoms with E-state index in [1.165, 1.54) is 12.8 Å². The van der Waals surface area contributed by atoms with Gasteiger partial charge < -0.3 is 14.8 Å². The van der Waals surface area contributed by atoms with E-state index in [0.717, 1.165) is 30.8 Å². The summed E-state index contributed by atoms with van der Waals surface area (Å²) >= 11 is 0. The lowest BCUT2D eigenvalue weighted by Gasteiger charge is -2.32. The molecule has 0 radical (unpaired) electrons. The van der Waals surface area contributed by atoms with Crippen LogP contribution in [-0.2, 0) is 13.6 Å². The van der Waals surface area contributed by atoms with Gasteiger partial charge in [0.1, 0.15) is 6.33 Å². The number of hydrogen-bond acceptors (Lipinski definition) is 3. The topological polar surface area (TPSA) is 58.3 Å². The van der Waals surface area contributed by atoms with Crippen LogP contribution in [0.5, 0.6) is 0 Å². The zero-order chi connectivity index (χ0) is 13.0. The molecule has 1 fully saturated rings. The second kappa shape index (κ2) is 7.66. The molecule has 2 heterocycles. The minimum absolute atomic E-state index is 0. The van der Waals surface area contributed by atoms with Gasteiger partial charge in [-0.05, 0) is 18.8 Å². The lowest BCUT2D eigenvalue weighted by atomic mass is 10.00. The van der Waals surface area contributed by atoms with E-state index in [9.17, 15) is 0 Å². The summed E-state index contributed by atoms with van der Waals surface area (Å²) in [5, 5.41) is 11.3. The fraction of sp³-hybridized carbons (Fsp3) is 0.750. The van der Waals surface area contributed by atoms with Crippen molar-refractivity contribution in [3.63, 3.8) is 0 Å². The Kier molecular flexibility index (Phi) is 6.53. The van der Waals surface area contributed by atoms with Crippen molar-refractivity contribution in [3.05, 3.63) is 12.2 Å². The first-order valence-corrected chi connectivity index (χ1v) is 6.49. The molecule has 0 spiro atoms. The normalized spacial score (nSPS) is 17.2. The highest BCUT2D eigenvalue weighted by Gasteiger charge is 2.18. The SMILES string of the molecule is CN=C(NCc1nncn1C)N1CCC(C)CC1.I. The number of halogens is 1. The summed E-state index contributed by atoms with van der Waals surface area (Å²) in [6.07, 6.45) is 4.19. The van der Waals surface area contributed by atoms with Gasteiger partial charge in [-0.1, -0.05) is 6.92 Å². The first kappa shape index (κ1) is 16.2. The van der Waals surface area contributed by atoms with Gasteiger partial charge in [0, 0.05) is 27.2 Å². The van der Waals surface area contributed by atoms with Gasteiger partial charge in [0.05, 0.1) is 6.54 Å². The zero-order valence-corrected chi connectivity index (χ0v) is 14.2. The lowest BCUT2D eigenvalue weighted by Crippen LogP contribution is -2.45. The van der Waals surface area contributed by atoms with Crippen LogP contribution < -0.4 is 5.32 Å². The van der Waals surface area contributed by atoms with E-state index < -0.39 is 0 Å². The van der Waals surface area contributed by atoms with Gasteiger partial charge in [-0.25, -0.2) is 0 Å². The molecule has 1 saturated heterocycles. The van der Waals surface area contributed by atoms with Crippen LogP contribution in [0.15, 0.2) is 11.3 Å². The molecule has 0 atom stereocenters. The molecule has 7 heteroatoms. The Morgan fingerprint density at radius 3 is 2.68 bits per heavy atom. The predicted octanol–water partition coefficient (Wildman–Crippen LogP) is 1.24. The molecule has 2 rings (SSSR count). The van der Waals surface area contributed by atoms with Crippen molar-refractivity contribution in [3.8, 4) is 0 Å². The van der Waals surface area contributed by atoms with Gasteiger partial charge in [-0.15, -0.1) is 34.2 Å². The predicted molar refractivity (Wildman–Crippen MR) is 86.6 cm³/mol. The molecule has 0 saturated carbocycles. The number of aryl methyl sites for hydroxylation is 1. The van der Waals surface area contributed by atoms with Gasteiger partial charge in [0.2, 0.25) is 0 Å². The van der Waals surface area contributed by atoms with Crippen molar-refractivity contribution in [2.75, 3.05) is 20.1 Å². The van der Waals surface area contributed by atoms with Crippen molar-refractivity contribution in [2.45, 2.75) is 26.3 Å². The highest BCUT2D eigenvalue weighted by Crippen LogP contribution is 2.15. The third-order valence-corrected chi connectivity index (χ3v) is 3.50. The monoisotopic (exact) mass is 378 g/mol. The number of likely N-dealkylation sites (tertiary alicyclic amines) is 1. The molecule has 19 heavy (non-hydrogen) atoms. The summed E-state index contributed by atoms with van der Waals surface area (Å²) in [4.78, 5) is 6.66. The van der Waals surface area contributed by atoms with E-state index >= 15 is 0 Å². The van der Waals surface area contributed by atoms with E-state index in [2.05, 4.69) is 32.3 Å². The van der Waals surface area contributed by atoms with Crippen LogP contribution in [0.1, 0.15) is 25.6 Å². The van der Waals surface area contributed by atoms with Crippen LogP contribution in [0, 0.1) is 5.92 Å². The third kappa shape index (κ3) is 4.32. The molecule has 1 N–H and O–H groups in total. The summed E-state index contributed by atoms with van der Waals surface area (Å²) in [6, 6.07) is 0. The second-order valence-corrected chi connectivity index (χ2v) is 4.93. The number of piperidine rings is 1. The standard InChI is InChI=1S/C12H22N6.HI/c1-10-4-6-18(7-5-10)12(13-2)14-8-11-16-15-9-17(11)3;/h9-10H,4-8H2,1-3H3,(H,13,14);1H. The minimum Gasteiger partial charge on any atom is -0.349 e. The number of nitrogens with zero attached hydrogens (tertiary/aromatic N) is 5. The number of nitrogens with one attached hydrogen (secondary N) is 1. The number of hydrogen-bond donors (Lipinski definition) is 1. The number of aliphatic imine (C=N–C) groups is 1. The van der Waals surface area contributed by atoms with Crippen molar-refractivity contribution in [2.24, 2.45) is 18.0 Å². The average molecular weight is 378 g/mol. The van der Waals surface area contributed by atoms with Gasteiger partial charge >= 0.3 is 0 Å². The van der Waals surface area contributed by atoms with Gasteiger partial charge in [0.15, 0.2) is 11.8 Å². The Hall–Kier alpha value is -0.860. The second-order valence-electron chi connectivity index (χ2n) is 4.93. The first-order valence-electron chi connectivity index (χ1n) is 6.49. The van der Waals surface area contributed by atoms with Crippen molar-refractivity contribution in [1.82, 2.24) is 25.0 Å². The molecular weight excluding hydrogens is 355 g/mol. The third-order valence-electron chi connectivity index (χ3n) is 3.50. The molecule has 0 bridgehead atoms. The van der Waals surface area contributed by atoms with Crippen molar-refractivity contribution >= 4 is 29.9 Å². The van der Waals surface area contributed by atoms with E-state index in [4.69, 9.17) is 0 Å².